The van der Waals surface area contributed by atoms with E-state index in [-0.39, 0.29) is 5.92 Å². The van der Waals surface area contributed by atoms with E-state index in [1.165, 1.54) is 15.6 Å². The largest absolute Gasteiger partial charge is 0.343 e. The molecule has 0 amide bonds. The fourth-order valence-corrected chi connectivity index (χ4v) is 4.29. The van der Waals surface area contributed by atoms with Crippen LogP contribution in [-0.2, 0) is 6.54 Å². The third-order valence-corrected chi connectivity index (χ3v) is 5.68. The van der Waals surface area contributed by atoms with Crippen molar-refractivity contribution in [3.63, 3.8) is 0 Å². The average Bonchev–Trinajstić information content (AvgIpc) is 3.17. The number of rotatable bonds is 3. The van der Waals surface area contributed by atoms with Crippen molar-refractivity contribution in [2.24, 2.45) is 0 Å². The lowest BCUT2D eigenvalue weighted by molar-refractivity contribution is 0.833. The van der Waals surface area contributed by atoms with Crippen LogP contribution in [0.15, 0.2) is 54.0 Å². The minimum absolute atomic E-state index is 0.121. The van der Waals surface area contributed by atoms with Crippen LogP contribution in [-0.4, -0.2) is 4.57 Å². The van der Waals surface area contributed by atoms with Gasteiger partial charge in [0.15, 0.2) is 0 Å². The normalized spacial score (nSPS) is 12.5. The van der Waals surface area contributed by atoms with Crippen LogP contribution in [0.1, 0.15) is 24.0 Å². The molecule has 0 aliphatic rings. The third kappa shape index (κ3) is 2.49. The van der Waals surface area contributed by atoms with E-state index < -0.39 is 0 Å². The highest BCUT2D eigenvalue weighted by Crippen LogP contribution is 2.32. The fourth-order valence-electron chi connectivity index (χ4n) is 3.18. The summed E-state index contributed by atoms with van der Waals surface area (Å²) in [5.41, 5.74) is 3.51. The fraction of sp³-hybridized carbons (Fsp3) is 0.150. The number of thiophene rings is 1. The molecular weight excluding hydrogens is 336 g/mol. The number of para-hydroxylation sites is 1. The van der Waals surface area contributed by atoms with Crippen molar-refractivity contribution < 1.29 is 0 Å². The predicted molar refractivity (Wildman–Crippen MR) is 102 cm³/mol. The van der Waals surface area contributed by atoms with Gasteiger partial charge in [0.1, 0.15) is 0 Å². The number of nitrogens with zero attached hydrogens (tertiary/aromatic N) is 2. The third-order valence-electron chi connectivity index (χ3n) is 4.44. The van der Waals surface area contributed by atoms with Gasteiger partial charge in [0.05, 0.1) is 12.0 Å². The summed E-state index contributed by atoms with van der Waals surface area (Å²) in [6, 6.07) is 16.7. The minimum Gasteiger partial charge on any atom is -0.343 e. The highest BCUT2D eigenvalue weighted by molar-refractivity contribution is 7.17. The second-order valence-electron chi connectivity index (χ2n) is 5.98. The zero-order valence-corrected chi connectivity index (χ0v) is 14.7. The molecule has 1 atom stereocenters. The predicted octanol–water partition coefficient (Wildman–Crippen LogP) is 6.18. The molecule has 118 valence electrons. The van der Waals surface area contributed by atoms with Gasteiger partial charge in [-0.05, 0) is 53.1 Å². The summed E-state index contributed by atoms with van der Waals surface area (Å²) in [4.78, 5) is 0. The molecule has 0 N–H and O–H groups in total. The van der Waals surface area contributed by atoms with Crippen LogP contribution in [0, 0.1) is 11.3 Å². The molecule has 0 aliphatic heterocycles. The summed E-state index contributed by atoms with van der Waals surface area (Å²) >= 11 is 7.91. The molecular formula is C20H15ClN2S. The molecule has 2 heterocycles. The quantitative estimate of drug-likeness (QED) is 0.433. The van der Waals surface area contributed by atoms with E-state index in [4.69, 9.17) is 11.6 Å². The van der Waals surface area contributed by atoms with E-state index in [9.17, 15) is 5.26 Å². The Hall–Kier alpha value is -2.28. The van der Waals surface area contributed by atoms with Crippen LogP contribution in [0.5, 0.6) is 0 Å². The minimum atomic E-state index is -0.121. The molecule has 0 bridgehead atoms. The van der Waals surface area contributed by atoms with Crippen LogP contribution in [0.4, 0.5) is 0 Å². The Labute approximate surface area is 149 Å². The second-order valence-corrected chi connectivity index (χ2v) is 7.33. The van der Waals surface area contributed by atoms with Gasteiger partial charge in [0.25, 0.3) is 0 Å². The Balaban J connectivity index is 1.85. The summed E-state index contributed by atoms with van der Waals surface area (Å²) in [7, 11) is 0. The number of nitriles is 1. The van der Waals surface area contributed by atoms with Gasteiger partial charge in [0.2, 0.25) is 0 Å². The maximum absolute atomic E-state index is 9.31. The van der Waals surface area contributed by atoms with Crippen LogP contribution >= 0.6 is 22.9 Å². The summed E-state index contributed by atoms with van der Waals surface area (Å²) in [5, 5.41) is 14.6. The van der Waals surface area contributed by atoms with Gasteiger partial charge in [0, 0.05) is 33.4 Å². The van der Waals surface area contributed by atoms with E-state index in [1.54, 1.807) is 11.3 Å². The molecule has 4 aromatic rings. The first-order chi connectivity index (χ1) is 11.7. The lowest BCUT2D eigenvalue weighted by Crippen LogP contribution is -1.97. The number of aromatic nitrogens is 1. The monoisotopic (exact) mass is 350 g/mol. The number of halogens is 1. The molecule has 2 nitrogen and oxygen atoms in total. The summed E-state index contributed by atoms with van der Waals surface area (Å²) < 4.78 is 3.48. The van der Waals surface area contributed by atoms with Crippen molar-refractivity contribution in [1.82, 2.24) is 4.57 Å². The van der Waals surface area contributed by atoms with Crippen molar-refractivity contribution in [3.05, 3.63) is 70.2 Å². The smallest absolute Gasteiger partial charge is 0.0705 e. The van der Waals surface area contributed by atoms with Crippen LogP contribution < -0.4 is 0 Å². The zero-order valence-electron chi connectivity index (χ0n) is 13.2. The molecule has 0 aliphatic carbocycles. The molecule has 1 unspecified atom stereocenters. The van der Waals surface area contributed by atoms with E-state index in [0.717, 1.165) is 28.0 Å². The Kier molecular flexibility index (Phi) is 3.80. The molecule has 0 saturated heterocycles. The van der Waals surface area contributed by atoms with Gasteiger partial charge in [-0.1, -0.05) is 29.8 Å². The topological polar surface area (TPSA) is 28.7 Å². The second kappa shape index (κ2) is 5.98. The van der Waals surface area contributed by atoms with Crippen LogP contribution in [0.25, 0.3) is 21.0 Å². The molecule has 24 heavy (non-hydrogen) atoms. The summed E-state index contributed by atoms with van der Waals surface area (Å²) in [5.74, 6) is -0.121. The van der Waals surface area contributed by atoms with E-state index in [0.29, 0.717) is 0 Å². The maximum Gasteiger partial charge on any atom is 0.0705 e. The maximum atomic E-state index is 9.31. The first-order valence-corrected chi connectivity index (χ1v) is 9.06. The molecule has 4 heteroatoms. The van der Waals surface area contributed by atoms with Crippen molar-refractivity contribution in [3.8, 4) is 6.07 Å². The highest BCUT2D eigenvalue weighted by Gasteiger charge is 2.14. The van der Waals surface area contributed by atoms with Crippen molar-refractivity contribution in [2.75, 3.05) is 0 Å². The standard InChI is InChI=1S/C20H15ClN2S/c1-13(9-22)18-11-23(19-5-3-2-4-16(18)19)10-14-12-24-20-7-6-15(21)8-17(14)20/h2-8,11-13H,10H2,1H3. The van der Waals surface area contributed by atoms with Crippen LogP contribution in [0.2, 0.25) is 5.02 Å². The number of hydrogen-bond acceptors (Lipinski definition) is 2. The molecule has 0 spiro atoms. The Morgan fingerprint density at radius 2 is 2.04 bits per heavy atom. The lowest BCUT2D eigenvalue weighted by Gasteiger charge is -2.05. The highest BCUT2D eigenvalue weighted by atomic mass is 35.5. The number of fused-ring (bicyclic) bond motifs is 2. The summed E-state index contributed by atoms with van der Waals surface area (Å²) in [6.45, 7) is 2.73. The van der Waals surface area contributed by atoms with Crippen molar-refractivity contribution in [2.45, 2.75) is 19.4 Å². The Morgan fingerprint density at radius 3 is 2.88 bits per heavy atom. The molecule has 2 aromatic carbocycles. The van der Waals surface area contributed by atoms with Crippen molar-refractivity contribution in [1.29, 1.82) is 5.26 Å². The average molecular weight is 351 g/mol. The lowest BCUT2D eigenvalue weighted by atomic mass is 10.0. The Bertz CT molecular complexity index is 1080. The van der Waals surface area contributed by atoms with Crippen molar-refractivity contribution >= 4 is 43.9 Å². The summed E-state index contributed by atoms with van der Waals surface area (Å²) in [6.07, 6.45) is 2.12. The zero-order chi connectivity index (χ0) is 16.7. The van der Waals surface area contributed by atoms with Gasteiger partial charge in [-0.15, -0.1) is 11.3 Å². The van der Waals surface area contributed by atoms with Gasteiger partial charge in [-0.25, -0.2) is 0 Å². The first kappa shape index (κ1) is 15.3. The van der Waals surface area contributed by atoms with E-state index in [1.807, 2.05) is 31.2 Å². The molecule has 0 radical (unpaired) electrons. The molecule has 0 saturated carbocycles. The van der Waals surface area contributed by atoms with E-state index >= 15 is 0 Å². The van der Waals surface area contributed by atoms with Gasteiger partial charge in [-0.2, -0.15) is 5.26 Å². The first-order valence-electron chi connectivity index (χ1n) is 7.80. The SMILES string of the molecule is CC(C#N)c1cn(Cc2csc3ccc(Cl)cc23)c2ccccc12. The van der Waals surface area contributed by atoms with E-state index in [2.05, 4.69) is 40.4 Å². The van der Waals surface area contributed by atoms with Gasteiger partial charge < -0.3 is 4.57 Å². The molecule has 4 rings (SSSR count). The molecule has 2 aromatic heterocycles. The number of hydrogen-bond donors (Lipinski definition) is 0. The van der Waals surface area contributed by atoms with Crippen LogP contribution in [0.3, 0.4) is 0 Å². The van der Waals surface area contributed by atoms with Gasteiger partial charge >= 0.3 is 0 Å². The Morgan fingerprint density at radius 1 is 1.21 bits per heavy atom. The molecule has 0 fully saturated rings. The van der Waals surface area contributed by atoms with Gasteiger partial charge in [-0.3, -0.25) is 0 Å². The number of benzene rings is 2.